The molecule has 0 saturated heterocycles. The van der Waals surface area contributed by atoms with Gasteiger partial charge in [-0.05, 0) is 25.0 Å². The Kier molecular flexibility index (Phi) is 8.14. The van der Waals surface area contributed by atoms with E-state index in [9.17, 15) is 9.59 Å². The smallest absolute Gasteiger partial charge is 0.269 e. The number of hydrogen-bond acceptors (Lipinski definition) is 4. The molecule has 6 heteroatoms. The van der Waals surface area contributed by atoms with Gasteiger partial charge < -0.3 is 15.0 Å². The van der Waals surface area contributed by atoms with E-state index in [1.165, 1.54) is 6.20 Å². The Morgan fingerprint density at radius 2 is 1.95 bits per heavy atom. The van der Waals surface area contributed by atoms with Gasteiger partial charge in [0.15, 0.2) is 0 Å². The number of aromatic nitrogens is 1. The Balaban J connectivity index is 2.81. The molecule has 0 aromatic carbocycles. The van der Waals surface area contributed by atoms with Crippen molar-refractivity contribution in [2.24, 2.45) is 0 Å². The number of rotatable bonds is 9. The molecule has 0 spiro atoms. The number of methoxy groups -OCH3 is 1. The summed E-state index contributed by atoms with van der Waals surface area (Å²) in [5, 5.41) is 2.69. The molecule has 1 aromatic heterocycles. The minimum absolute atomic E-state index is 0.0583. The van der Waals surface area contributed by atoms with Gasteiger partial charge in [0.1, 0.15) is 5.69 Å². The third kappa shape index (κ3) is 5.44. The molecule has 0 bridgehead atoms. The Morgan fingerprint density at radius 1 is 1.27 bits per heavy atom. The predicted molar refractivity (Wildman–Crippen MR) is 84.9 cm³/mol. The van der Waals surface area contributed by atoms with Crippen LogP contribution in [0, 0.1) is 0 Å². The fourth-order valence-corrected chi connectivity index (χ4v) is 2.08. The molecule has 1 aromatic rings. The van der Waals surface area contributed by atoms with Crippen LogP contribution in [0.5, 0.6) is 0 Å². The molecule has 122 valence electrons. The number of nitrogens with zero attached hydrogens (tertiary/aromatic N) is 2. The number of carbonyl (C=O) groups is 2. The quantitative estimate of drug-likeness (QED) is 0.705. The largest absolute Gasteiger partial charge is 0.383 e. The topological polar surface area (TPSA) is 71.5 Å². The van der Waals surface area contributed by atoms with Crippen LogP contribution in [0.15, 0.2) is 18.3 Å². The molecule has 22 heavy (non-hydrogen) atoms. The van der Waals surface area contributed by atoms with Crippen molar-refractivity contribution in [3.63, 3.8) is 0 Å². The summed E-state index contributed by atoms with van der Waals surface area (Å²) in [4.78, 5) is 30.3. The zero-order valence-corrected chi connectivity index (χ0v) is 13.6. The zero-order chi connectivity index (χ0) is 16.4. The second-order valence-corrected chi connectivity index (χ2v) is 4.97. The standard InChI is InChI=1S/C16H25N3O3/c1-4-9-19(10-5-2)16(21)13-6-7-17-14(12-13)15(20)18-8-11-22-3/h6-7,12H,4-5,8-11H2,1-3H3,(H,18,20). The van der Waals surface area contributed by atoms with Crippen molar-refractivity contribution in [3.8, 4) is 0 Å². The fourth-order valence-electron chi connectivity index (χ4n) is 2.08. The molecular weight excluding hydrogens is 282 g/mol. The lowest BCUT2D eigenvalue weighted by molar-refractivity contribution is 0.0755. The van der Waals surface area contributed by atoms with Crippen LogP contribution in [0.25, 0.3) is 0 Å². The molecule has 1 N–H and O–H groups in total. The van der Waals surface area contributed by atoms with Crippen LogP contribution in [0.2, 0.25) is 0 Å². The van der Waals surface area contributed by atoms with Crippen molar-refractivity contribution in [1.82, 2.24) is 15.2 Å². The van der Waals surface area contributed by atoms with Gasteiger partial charge in [0.05, 0.1) is 6.61 Å². The van der Waals surface area contributed by atoms with E-state index in [1.807, 2.05) is 18.7 Å². The van der Waals surface area contributed by atoms with E-state index in [0.717, 1.165) is 12.8 Å². The number of pyridine rings is 1. The SMILES string of the molecule is CCCN(CCC)C(=O)c1ccnc(C(=O)NCCOC)c1. The summed E-state index contributed by atoms with van der Waals surface area (Å²) in [6.45, 7) is 6.35. The van der Waals surface area contributed by atoms with Crippen molar-refractivity contribution in [2.75, 3.05) is 33.4 Å². The van der Waals surface area contributed by atoms with Gasteiger partial charge in [0.2, 0.25) is 0 Å². The maximum absolute atomic E-state index is 12.5. The summed E-state index contributed by atoms with van der Waals surface area (Å²) < 4.78 is 4.88. The molecule has 0 saturated carbocycles. The predicted octanol–water partition coefficient (Wildman–Crippen LogP) is 1.72. The van der Waals surface area contributed by atoms with Gasteiger partial charge in [-0.1, -0.05) is 13.8 Å². The average molecular weight is 307 g/mol. The molecule has 1 rings (SSSR count). The van der Waals surface area contributed by atoms with Crippen molar-refractivity contribution < 1.29 is 14.3 Å². The zero-order valence-electron chi connectivity index (χ0n) is 13.6. The van der Waals surface area contributed by atoms with Crippen molar-refractivity contribution in [2.45, 2.75) is 26.7 Å². The Labute approximate surface area is 131 Å². The van der Waals surface area contributed by atoms with Crippen LogP contribution in [0.4, 0.5) is 0 Å². The van der Waals surface area contributed by atoms with E-state index in [-0.39, 0.29) is 17.5 Å². The minimum Gasteiger partial charge on any atom is -0.383 e. The lowest BCUT2D eigenvalue weighted by Gasteiger charge is -2.21. The molecule has 6 nitrogen and oxygen atoms in total. The summed E-state index contributed by atoms with van der Waals surface area (Å²) in [7, 11) is 1.57. The van der Waals surface area contributed by atoms with Gasteiger partial charge in [0, 0.05) is 38.5 Å². The number of nitrogens with one attached hydrogen (secondary N) is 1. The Bertz CT molecular complexity index is 485. The number of ether oxygens (including phenoxy) is 1. The van der Waals surface area contributed by atoms with Crippen LogP contribution >= 0.6 is 0 Å². The number of amides is 2. The second-order valence-electron chi connectivity index (χ2n) is 4.97. The maximum atomic E-state index is 12.5. The van der Waals surface area contributed by atoms with E-state index < -0.39 is 0 Å². The first-order valence-electron chi connectivity index (χ1n) is 7.66. The Morgan fingerprint density at radius 3 is 2.55 bits per heavy atom. The van der Waals surface area contributed by atoms with Crippen LogP contribution in [-0.2, 0) is 4.74 Å². The highest BCUT2D eigenvalue weighted by atomic mass is 16.5. The summed E-state index contributed by atoms with van der Waals surface area (Å²) in [5.41, 5.74) is 0.740. The van der Waals surface area contributed by atoms with Crippen LogP contribution in [-0.4, -0.2) is 55.0 Å². The fraction of sp³-hybridized carbons (Fsp3) is 0.562. The molecule has 0 radical (unpaired) electrons. The normalized spacial score (nSPS) is 10.3. The lowest BCUT2D eigenvalue weighted by atomic mass is 10.2. The molecule has 2 amide bonds. The molecular formula is C16H25N3O3. The summed E-state index contributed by atoms with van der Waals surface area (Å²) in [6, 6.07) is 3.19. The summed E-state index contributed by atoms with van der Waals surface area (Å²) in [5.74, 6) is -0.360. The van der Waals surface area contributed by atoms with Crippen LogP contribution in [0.3, 0.4) is 0 Å². The van der Waals surface area contributed by atoms with Crippen molar-refractivity contribution in [1.29, 1.82) is 0 Å². The molecule has 1 heterocycles. The van der Waals surface area contributed by atoms with Gasteiger partial charge in [-0.25, -0.2) is 0 Å². The lowest BCUT2D eigenvalue weighted by Crippen LogP contribution is -2.33. The summed E-state index contributed by atoms with van der Waals surface area (Å²) in [6.07, 6.45) is 3.30. The molecule has 0 aliphatic heterocycles. The maximum Gasteiger partial charge on any atom is 0.269 e. The van der Waals surface area contributed by atoms with Crippen molar-refractivity contribution in [3.05, 3.63) is 29.6 Å². The summed E-state index contributed by atoms with van der Waals surface area (Å²) >= 11 is 0. The Hall–Kier alpha value is -1.95. The minimum atomic E-state index is -0.302. The number of hydrogen-bond donors (Lipinski definition) is 1. The molecule has 0 unspecified atom stereocenters. The van der Waals surface area contributed by atoms with Crippen LogP contribution < -0.4 is 5.32 Å². The van der Waals surface area contributed by atoms with Gasteiger partial charge in [0.25, 0.3) is 11.8 Å². The van der Waals surface area contributed by atoms with E-state index in [2.05, 4.69) is 10.3 Å². The molecule has 0 aliphatic rings. The van der Waals surface area contributed by atoms with E-state index in [4.69, 9.17) is 4.74 Å². The third-order valence-electron chi connectivity index (χ3n) is 3.11. The average Bonchev–Trinajstić information content (AvgIpc) is 2.54. The molecule has 0 aliphatic carbocycles. The molecule has 0 fully saturated rings. The highest BCUT2D eigenvalue weighted by Crippen LogP contribution is 2.08. The first-order chi connectivity index (χ1) is 10.6. The first kappa shape index (κ1) is 18.1. The molecule has 0 atom stereocenters. The van der Waals surface area contributed by atoms with Crippen LogP contribution in [0.1, 0.15) is 47.5 Å². The van der Waals surface area contributed by atoms with Gasteiger partial charge in [-0.15, -0.1) is 0 Å². The number of carbonyl (C=O) groups excluding carboxylic acids is 2. The second kappa shape index (κ2) is 9.89. The monoisotopic (exact) mass is 307 g/mol. The van der Waals surface area contributed by atoms with E-state index in [1.54, 1.807) is 19.2 Å². The van der Waals surface area contributed by atoms with E-state index in [0.29, 0.717) is 31.8 Å². The van der Waals surface area contributed by atoms with Gasteiger partial charge >= 0.3 is 0 Å². The highest BCUT2D eigenvalue weighted by Gasteiger charge is 2.16. The third-order valence-corrected chi connectivity index (χ3v) is 3.11. The van der Waals surface area contributed by atoms with Gasteiger partial charge in [-0.2, -0.15) is 0 Å². The van der Waals surface area contributed by atoms with E-state index >= 15 is 0 Å². The van der Waals surface area contributed by atoms with Crippen molar-refractivity contribution >= 4 is 11.8 Å². The van der Waals surface area contributed by atoms with Gasteiger partial charge in [-0.3, -0.25) is 14.6 Å². The first-order valence-corrected chi connectivity index (χ1v) is 7.66. The highest BCUT2D eigenvalue weighted by molar-refractivity contribution is 5.98.